The molecule has 0 saturated carbocycles. The number of ether oxygens (including phenoxy) is 2. The Morgan fingerprint density at radius 3 is 2.67 bits per heavy atom. The average molecular weight is 350 g/mol. The van der Waals surface area contributed by atoms with E-state index in [0.29, 0.717) is 6.61 Å². The molecule has 4 heteroatoms. The van der Waals surface area contributed by atoms with Crippen molar-refractivity contribution >= 4 is 15.9 Å². The van der Waals surface area contributed by atoms with E-state index in [4.69, 9.17) is 9.47 Å². The molecule has 21 heavy (non-hydrogen) atoms. The van der Waals surface area contributed by atoms with Crippen LogP contribution < -0.4 is 14.8 Å². The monoisotopic (exact) mass is 349 g/mol. The van der Waals surface area contributed by atoms with Gasteiger partial charge in [-0.05, 0) is 43.8 Å². The lowest BCUT2D eigenvalue weighted by Crippen LogP contribution is -2.18. The summed E-state index contributed by atoms with van der Waals surface area (Å²) in [6, 6.07) is 14.2. The molecule has 0 bridgehead atoms. The molecule has 2 rings (SSSR count). The smallest absolute Gasteiger partial charge is 0.125 e. The topological polar surface area (TPSA) is 30.5 Å². The number of hydrogen-bond donors (Lipinski definition) is 1. The van der Waals surface area contributed by atoms with Gasteiger partial charge in [0.1, 0.15) is 11.5 Å². The summed E-state index contributed by atoms with van der Waals surface area (Å²) in [7, 11) is 3.63. The number of nitrogens with one attached hydrogen (secondary N) is 1. The number of halogens is 1. The fourth-order valence-corrected chi connectivity index (χ4v) is 2.72. The van der Waals surface area contributed by atoms with Crippen LogP contribution in [0, 0.1) is 0 Å². The third kappa shape index (κ3) is 3.77. The van der Waals surface area contributed by atoms with Gasteiger partial charge in [-0.3, -0.25) is 0 Å². The van der Waals surface area contributed by atoms with Crippen molar-refractivity contribution in [2.45, 2.75) is 13.0 Å². The maximum Gasteiger partial charge on any atom is 0.125 e. The van der Waals surface area contributed by atoms with E-state index in [2.05, 4.69) is 39.4 Å². The van der Waals surface area contributed by atoms with Gasteiger partial charge in [-0.25, -0.2) is 0 Å². The normalized spacial score (nSPS) is 12.0. The lowest BCUT2D eigenvalue weighted by Gasteiger charge is -2.20. The van der Waals surface area contributed by atoms with Gasteiger partial charge in [0, 0.05) is 10.0 Å². The van der Waals surface area contributed by atoms with Gasteiger partial charge >= 0.3 is 0 Å². The van der Waals surface area contributed by atoms with Crippen molar-refractivity contribution in [3.8, 4) is 11.5 Å². The Labute approximate surface area is 134 Å². The van der Waals surface area contributed by atoms with E-state index in [-0.39, 0.29) is 6.04 Å². The maximum atomic E-state index is 5.59. The van der Waals surface area contributed by atoms with Gasteiger partial charge < -0.3 is 14.8 Å². The zero-order valence-corrected chi connectivity index (χ0v) is 14.1. The van der Waals surface area contributed by atoms with Crippen molar-refractivity contribution in [1.29, 1.82) is 0 Å². The first-order valence-corrected chi connectivity index (χ1v) is 7.72. The third-order valence-electron chi connectivity index (χ3n) is 3.30. The zero-order chi connectivity index (χ0) is 15.2. The van der Waals surface area contributed by atoms with Gasteiger partial charge in [0.2, 0.25) is 0 Å². The van der Waals surface area contributed by atoms with Crippen LogP contribution in [0.1, 0.15) is 24.1 Å². The molecule has 2 aromatic carbocycles. The molecule has 0 fully saturated rings. The second-order valence-electron chi connectivity index (χ2n) is 4.61. The largest absolute Gasteiger partial charge is 0.496 e. The summed E-state index contributed by atoms with van der Waals surface area (Å²) >= 11 is 3.48. The predicted molar refractivity (Wildman–Crippen MR) is 89.2 cm³/mol. The van der Waals surface area contributed by atoms with Crippen LogP contribution >= 0.6 is 15.9 Å². The molecule has 1 unspecified atom stereocenters. The van der Waals surface area contributed by atoms with Crippen molar-refractivity contribution in [3.05, 3.63) is 58.1 Å². The summed E-state index contributed by atoms with van der Waals surface area (Å²) in [5.41, 5.74) is 2.24. The first kappa shape index (κ1) is 15.9. The van der Waals surface area contributed by atoms with Gasteiger partial charge in [-0.1, -0.05) is 34.1 Å². The highest BCUT2D eigenvalue weighted by Gasteiger charge is 2.17. The Balaban J connectivity index is 2.42. The maximum absolute atomic E-state index is 5.59. The van der Waals surface area contributed by atoms with E-state index in [0.717, 1.165) is 27.1 Å². The summed E-state index contributed by atoms with van der Waals surface area (Å²) < 4.78 is 12.1. The van der Waals surface area contributed by atoms with Gasteiger partial charge in [0.25, 0.3) is 0 Å². The van der Waals surface area contributed by atoms with Gasteiger partial charge in [0.15, 0.2) is 0 Å². The highest BCUT2D eigenvalue weighted by atomic mass is 79.9. The standard InChI is InChI=1S/C17H20BrNO2/c1-4-21-14-7-5-6-12(10-14)17(19-2)15-9-8-13(18)11-16(15)20-3/h5-11,17,19H,4H2,1-3H3. The number of methoxy groups -OCH3 is 1. The molecule has 0 saturated heterocycles. The van der Waals surface area contributed by atoms with E-state index in [1.165, 1.54) is 0 Å². The van der Waals surface area contributed by atoms with E-state index < -0.39 is 0 Å². The molecule has 0 radical (unpaired) electrons. The van der Waals surface area contributed by atoms with Crippen molar-refractivity contribution in [3.63, 3.8) is 0 Å². The van der Waals surface area contributed by atoms with Crippen LogP contribution in [-0.2, 0) is 0 Å². The van der Waals surface area contributed by atoms with E-state index in [1.807, 2.05) is 38.2 Å². The van der Waals surface area contributed by atoms with Crippen molar-refractivity contribution in [1.82, 2.24) is 5.32 Å². The Hall–Kier alpha value is -1.52. The molecule has 0 heterocycles. The minimum absolute atomic E-state index is 0.0495. The highest BCUT2D eigenvalue weighted by molar-refractivity contribution is 9.10. The summed E-state index contributed by atoms with van der Waals surface area (Å²) in [4.78, 5) is 0. The second kappa shape index (κ2) is 7.48. The van der Waals surface area contributed by atoms with Gasteiger partial charge in [0.05, 0.1) is 19.8 Å². The molecule has 0 amide bonds. The molecule has 0 aliphatic heterocycles. The fourth-order valence-electron chi connectivity index (χ4n) is 2.38. The van der Waals surface area contributed by atoms with Crippen LogP contribution in [0.5, 0.6) is 11.5 Å². The van der Waals surface area contributed by atoms with E-state index in [9.17, 15) is 0 Å². The summed E-state index contributed by atoms with van der Waals surface area (Å²) in [6.45, 7) is 2.65. The molecule has 2 aromatic rings. The lowest BCUT2D eigenvalue weighted by atomic mass is 9.98. The quantitative estimate of drug-likeness (QED) is 0.848. The van der Waals surface area contributed by atoms with Crippen molar-refractivity contribution in [2.75, 3.05) is 20.8 Å². The van der Waals surface area contributed by atoms with Crippen LogP contribution in [0.15, 0.2) is 46.9 Å². The van der Waals surface area contributed by atoms with Crippen molar-refractivity contribution in [2.24, 2.45) is 0 Å². The lowest BCUT2D eigenvalue weighted by molar-refractivity contribution is 0.339. The minimum atomic E-state index is 0.0495. The van der Waals surface area contributed by atoms with Gasteiger partial charge in [-0.2, -0.15) is 0 Å². The highest BCUT2D eigenvalue weighted by Crippen LogP contribution is 2.33. The Bertz CT molecular complexity index is 601. The number of benzene rings is 2. The fraction of sp³-hybridized carbons (Fsp3) is 0.294. The molecule has 3 nitrogen and oxygen atoms in total. The molecule has 112 valence electrons. The van der Waals surface area contributed by atoms with Crippen LogP contribution in [0.25, 0.3) is 0 Å². The van der Waals surface area contributed by atoms with Crippen LogP contribution in [0.4, 0.5) is 0 Å². The van der Waals surface area contributed by atoms with Crippen LogP contribution in [0.2, 0.25) is 0 Å². The molecule has 1 N–H and O–H groups in total. The van der Waals surface area contributed by atoms with Crippen LogP contribution in [0.3, 0.4) is 0 Å². The number of hydrogen-bond acceptors (Lipinski definition) is 3. The third-order valence-corrected chi connectivity index (χ3v) is 3.79. The molecule has 0 spiro atoms. The Morgan fingerprint density at radius 1 is 1.19 bits per heavy atom. The van der Waals surface area contributed by atoms with Crippen molar-refractivity contribution < 1.29 is 9.47 Å². The first-order valence-electron chi connectivity index (χ1n) is 6.93. The van der Waals surface area contributed by atoms with E-state index in [1.54, 1.807) is 7.11 Å². The van der Waals surface area contributed by atoms with E-state index >= 15 is 0 Å². The second-order valence-corrected chi connectivity index (χ2v) is 5.53. The minimum Gasteiger partial charge on any atom is -0.496 e. The number of rotatable bonds is 6. The summed E-state index contributed by atoms with van der Waals surface area (Å²) in [5.74, 6) is 1.73. The summed E-state index contributed by atoms with van der Waals surface area (Å²) in [6.07, 6.45) is 0. The Morgan fingerprint density at radius 2 is 2.00 bits per heavy atom. The molecular weight excluding hydrogens is 330 g/mol. The molecular formula is C17H20BrNO2. The average Bonchev–Trinajstić information content (AvgIpc) is 2.50. The van der Waals surface area contributed by atoms with Crippen LogP contribution in [-0.4, -0.2) is 20.8 Å². The molecule has 0 aliphatic rings. The molecule has 0 aromatic heterocycles. The molecule has 1 atom stereocenters. The SMILES string of the molecule is CCOc1cccc(C(NC)c2ccc(Br)cc2OC)c1. The predicted octanol–water partition coefficient (Wildman–Crippen LogP) is 4.17. The Kier molecular flexibility index (Phi) is 5.65. The zero-order valence-electron chi connectivity index (χ0n) is 12.5. The first-order chi connectivity index (χ1) is 10.2. The van der Waals surface area contributed by atoms with Gasteiger partial charge in [-0.15, -0.1) is 0 Å². The summed E-state index contributed by atoms with van der Waals surface area (Å²) in [5, 5.41) is 3.35. The molecule has 0 aliphatic carbocycles.